The SMILES string of the molecule is CC(=O)OC1C(=O)C2(C)C(OC(C)=O)CC3OCC3(OC(C)=O)C2C(OC(=O)c2ccccc2)C2(O)CC(OC(=O)C(O)C(NC(=O)c3ccccc3)c3ccccc3)C(C)=C1C2(C)C. The maximum Gasteiger partial charge on any atom is 0.338 e. The molecule has 1 heterocycles. The molecule has 2 saturated carbocycles. The van der Waals surface area contributed by atoms with Crippen molar-refractivity contribution in [2.75, 3.05) is 6.61 Å². The molecule has 3 aromatic rings. The summed E-state index contributed by atoms with van der Waals surface area (Å²) in [7, 11) is 0. The van der Waals surface area contributed by atoms with Gasteiger partial charge >= 0.3 is 29.8 Å². The van der Waals surface area contributed by atoms with Gasteiger partial charge in [-0.2, -0.15) is 0 Å². The zero-order valence-electron chi connectivity index (χ0n) is 37.1. The van der Waals surface area contributed by atoms with Crippen LogP contribution in [-0.2, 0) is 52.4 Å². The minimum absolute atomic E-state index is 0.0220. The second kappa shape index (κ2) is 17.6. The van der Waals surface area contributed by atoms with Crippen molar-refractivity contribution in [3.63, 3.8) is 0 Å². The molecule has 16 nitrogen and oxygen atoms in total. The summed E-state index contributed by atoms with van der Waals surface area (Å²) in [4.78, 5) is 97.3. The second-order valence-electron chi connectivity index (χ2n) is 17.9. The molecule has 1 amide bonds. The Bertz CT molecular complexity index is 2400. The Morgan fingerprint density at radius 3 is 1.88 bits per heavy atom. The number of fused-ring (bicyclic) bond motifs is 5. The fourth-order valence-electron chi connectivity index (χ4n) is 10.5. The normalized spacial score (nSPS) is 30.8. The lowest BCUT2D eigenvalue weighted by molar-refractivity contribution is -0.346. The van der Waals surface area contributed by atoms with E-state index >= 15 is 4.79 Å². The summed E-state index contributed by atoms with van der Waals surface area (Å²) < 4.78 is 36.5. The number of ketones is 1. The van der Waals surface area contributed by atoms with Crippen LogP contribution in [0.15, 0.2) is 102 Å². The first-order chi connectivity index (χ1) is 30.7. The zero-order chi connectivity index (χ0) is 47.2. The molecule has 344 valence electrons. The predicted octanol–water partition coefficient (Wildman–Crippen LogP) is 4.31. The van der Waals surface area contributed by atoms with E-state index in [9.17, 15) is 39.0 Å². The van der Waals surface area contributed by atoms with Crippen molar-refractivity contribution in [3.05, 3.63) is 119 Å². The highest BCUT2D eigenvalue weighted by molar-refractivity contribution is 5.96. The van der Waals surface area contributed by atoms with Gasteiger partial charge in [0.2, 0.25) is 0 Å². The highest BCUT2D eigenvalue weighted by Crippen LogP contribution is 2.65. The maximum atomic E-state index is 15.8. The maximum absolute atomic E-state index is 15.8. The molecule has 1 saturated heterocycles. The van der Waals surface area contributed by atoms with E-state index < -0.39 is 119 Å². The van der Waals surface area contributed by atoms with E-state index in [1.165, 1.54) is 26.0 Å². The van der Waals surface area contributed by atoms with Gasteiger partial charge in [0.15, 0.2) is 23.6 Å². The third kappa shape index (κ3) is 8.12. The predicted molar refractivity (Wildman–Crippen MR) is 227 cm³/mol. The van der Waals surface area contributed by atoms with Crippen LogP contribution in [0.25, 0.3) is 0 Å². The fourth-order valence-corrected chi connectivity index (χ4v) is 10.5. The number of aliphatic hydroxyl groups is 2. The topological polar surface area (TPSA) is 227 Å². The summed E-state index contributed by atoms with van der Waals surface area (Å²) in [6, 6.07) is 22.8. The van der Waals surface area contributed by atoms with E-state index in [2.05, 4.69) is 5.32 Å². The summed E-state index contributed by atoms with van der Waals surface area (Å²) in [6.07, 6.45) is -10.5. The van der Waals surface area contributed by atoms with Crippen LogP contribution < -0.4 is 5.32 Å². The molecule has 1 aliphatic heterocycles. The van der Waals surface area contributed by atoms with Crippen LogP contribution in [0.3, 0.4) is 0 Å². The minimum Gasteiger partial charge on any atom is -0.461 e. The standard InChI is InChI=1S/C49H53NO15/c1-26-33(63-45(58)38(54)37(30-17-11-8-12-18-30)50-43(56)31-19-13-9-14-20-31)24-49(59)42(64-44(57)32-21-15-10-16-22-32)40-47(7,41(55)39(62-28(3)52)36(26)46(49,5)6)34(61-27(2)51)23-35-48(40,25-60-35)65-29(4)53/h8-22,33-35,37-40,42,54,59H,23-25H2,1-7H3,(H,50,56). The van der Waals surface area contributed by atoms with Crippen LogP contribution in [0.4, 0.5) is 0 Å². The first-order valence-electron chi connectivity index (χ1n) is 21.4. The van der Waals surface area contributed by atoms with E-state index in [1.54, 1.807) is 92.7 Å². The number of benzene rings is 3. The molecule has 3 N–H and O–H groups in total. The first kappa shape index (κ1) is 46.8. The Balaban J connectivity index is 1.42. The second-order valence-corrected chi connectivity index (χ2v) is 17.9. The number of nitrogens with one attached hydrogen (secondary N) is 1. The van der Waals surface area contributed by atoms with Crippen LogP contribution >= 0.6 is 0 Å². The zero-order valence-corrected chi connectivity index (χ0v) is 37.1. The Labute approximate surface area is 375 Å². The first-order valence-corrected chi connectivity index (χ1v) is 21.4. The molecule has 0 radical (unpaired) electrons. The van der Waals surface area contributed by atoms with Gasteiger partial charge in [-0.1, -0.05) is 80.6 Å². The van der Waals surface area contributed by atoms with Crippen LogP contribution in [0, 0.1) is 16.7 Å². The van der Waals surface area contributed by atoms with Crippen LogP contribution in [0.2, 0.25) is 0 Å². The number of esters is 5. The number of amides is 1. The molecule has 7 rings (SSSR count). The van der Waals surface area contributed by atoms with Crippen molar-refractivity contribution in [2.45, 2.75) is 115 Å². The van der Waals surface area contributed by atoms with Gasteiger partial charge in [-0.15, -0.1) is 0 Å². The molecule has 2 bridgehead atoms. The smallest absolute Gasteiger partial charge is 0.338 e. The molecule has 0 spiro atoms. The van der Waals surface area contributed by atoms with Crippen molar-refractivity contribution < 1.29 is 72.2 Å². The summed E-state index contributed by atoms with van der Waals surface area (Å²) in [6.45, 7) is 9.08. The molecule has 3 aromatic carbocycles. The fraction of sp³-hybridized carbons (Fsp3) is 0.449. The average molecular weight is 896 g/mol. The molecule has 0 aromatic heterocycles. The van der Waals surface area contributed by atoms with Gasteiger partial charge in [0.05, 0.1) is 29.5 Å². The lowest BCUT2D eigenvalue weighted by Crippen LogP contribution is -2.82. The Hall–Kier alpha value is -6.23. The number of hydrogen-bond acceptors (Lipinski definition) is 15. The number of aliphatic hydroxyl groups excluding tert-OH is 1. The molecule has 16 heteroatoms. The quantitative estimate of drug-likeness (QED) is 0.139. The molecule has 3 aliphatic carbocycles. The van der Waals surface area contributed by atoms with Gasteiger partial charge in [0.1, 0.15) is 30.0 Å². The summed E-state index contributed by atoms with van der Waals surface area (Å²) in [5.41, 5.74) is -7.22. The Kier molecular flexibility index (Phi) is 12.7. The molecular weight excluding hydrogens is 843 g/mol. The van der Waals surface area contributed by atoms with Gasteiger partial charge < -0.3 is 44.0 Å². The highest BCUT2D eigenvalue weighted by Gasteiger charge is 2.79. The number of carbonyl (C=O) groups excluding carboxylic acids is 7. The summed E-state index contributed by atoms with van der Waals surface area (Å²) in [5.74, 6) is -7.75. The van der Waals surface area contributed by atoms with Gasteiger partial charge in [0.25, 0.3) is 5.91 Å². The van der Waals surface area contributed by atoms with Gasteiger partial charge in [0, 0.05) is 44.6 Å². The lowest BCUT2D eigenvalue weighted by Gasteiger charge is -2.67. The average Bonchev–Trinajstić information content (AvgIpc) is 3.26. The van der Waals surface area contributed by atoms with Crippen LogP contribution in [0.5, 0.6) is 0 Å². The van der Waals surface area contributed by atoms with E-state index in [0.29, 0.717) is 5.56 Å². The van der Waals surface area contributed by atoms with E-state index in [0.717, 1.165) is 20.8 Å². The number of carbonyl (C=O) groups is 7. The lowest BCUT2D eigenvalue weighted by atomic mass is 9.44. The van der Waals surface area contributed by atoms with Gasteiger partial charge in [-0.25, -0.2) is 9.59 Å². The van der Waals surface area contributed by atoms with Crippen molar-refractivity contribution in [3.8, 4) is 0 Å². The number of hydrogen-bond donors (Lipinski definition) is 3. The molecule has 3 fully saturated rings. The minimum atomic E-state index is -2.43. The van der Waals surface area contributed by atoms with Crippen molar-refractivity contribution in [2.24, 2.45) is 16.7 Å². The summed E-state index contributed by atoms with van der Waals surface area (Å²) >= 11 is 0. The number of rotatable bonds is 11. The van der Waals surface area contributed by atoms with E-state index in [4.69, 9.17) is 28.4 Å². The van der Waals surface area contributed by atoms with Gasteiger partial charge in [-0.05, 0) is 54.8 Å². The van der Waals surface area contributed by atoms with Crippen molar-refractivity contribution in [1.82, 2.24) is 5.32 Å². The Morgan fingerprint density at radius 1 is 0.769 bits per heavy atom. The molecule has 65 heavy (non-hydrogen) atoms. The third-order valence-electron chi connectivity index (χ3n) is 13.8. The van der Waals surface area contributed by atoms with Crippen molar-refractivity contribution >= 4 is 41.5 Å². The molecule has 4 aliphatic rings. The Morgan fingerprint density at radius 2 is 1.34 bits per heavy atom. The van der Waals surface area contributed by atoms with Crippen LogP contribution in [0.1, 0.15) is 93.6 Å². The number of Topliss-reactive ketones (excluding diaryl/α,β-unsaturated/α-hetero) is 1. The van der Waals surface area contributed by atoms with E-state index in [1.807, 2.05) is 0 Å². The monoisotopic (exact) mass is 895 g/mol. The largest absolute Gasteiger partial charge is 0.461 e. The van der Waals surface area contributed by atoms with Crippen molar-refractivity contribution in [1.29, 1.82) is 0 Å². The van der Waals surface area contributed by atoms with Gasteiger partial charge in [-0.3, -0.25) is 24.0 Å². The number of ether oxygens (including phenoxy) is 6. The van der Waals surface area contributed by atoms with E-state index in [-0.39, 0.29) is 35.3 Å². The molecule has 11 unspecified atom stereocenters. The highest BCUT2D eigenvalue weighted by atomic mass is 16.6. The van der Waals surface area contributed by atoms with Crippen LogP contribution in [-0.4, -0.2) is 106 Å². The molecular formula is C49H53NO15. The third-order valence-corrected chi connectivity index (χ3v) is 13.8. The molecule has 11 atom stereocenters. The summed E-state index contributed by atoms with van der Waals surface area (Å²) in [5, 5.41) is 28.4.